The fraction of sp³-hybridized carbons (Fsp3) is 0.545. The molecular weight excluding hydrogens is 190 g/mol. The number of aromatic nitrogens is 1. The zero-order chi connectivity index (χ0) is 10.9. The Labute approximate surface area is 89.8 Å². The highest BCUT2D eigenvalue weighted by atomic mass is 16.5. The van der Waals surface area contributed by atoms with E-state index in [1.165, 1.54) is 0 Å². The third-order valence-corrected chi connectivity index (χ3v) is 2.80. The van der Waals surface area contributed by atoms with Gasteiger partial charge in [-0.15, -0.1) is 0 Å². The Morgan fingerprint density at radius 1 is 1.60 bits per heavy atom. The second-order valence-corrected chi connectivity index (χ2v) is 4.41. The number of anilines is 2. The summed E-state index contributed by atoms with van der Waals surface area (Å²) < 4.78 is 5.37. The van der Waals surface area contributed by atoms with Gasteiger partial charge in [0.25, 0.3) is 0 Å². The maximum absolute atomic E-state index is 5.71. The van der Waals surface area contributed by atoms with E-state index in [-0.39, 0.29) is 5.54 Å². The van der Waals surface area contributed by atoms with Crippen LogP contribution in [0.15, 0.2) is 12.3 Å². The molecule has 0 bridgehead atoms. The Morgan fingerprint density at radius 2 is 2.40 bits per heavy atom. The SMILES string of the molecule is Cc1cc(NC2(C)CCOC2)ncc1N. The number of nitrogens with zero attached hydrogens (tertiary/aromatic N) is 1. The van der Waals surface area contributed by atoms with Crippen molar-refractivity contribution in [1.82, 2.24) is 4.98 Å². The minimum atomic E-state index is 0.00948. The van der Waals surface area contributed by atoms with Crippen molar-refractivity contribution in [2.75, 3.05) is 24.3 Å². The van der Waals surface area contributed by atoms with E-state index in [2.05, 4.69) is 17.2 Å². The molecule has 1 atom stereocenters. The van der Waals surface area contributed by atoms with Crippen LogP contribution >= 0.6 is 0 Å². The van der Waals surface area contributed by atoms with Crippen LogP contribution in [0.1, 0.15) is 18.9 Å². The van der Waals surface area contributed by atoms with Crippen LogP contribution in [0.4, 0.5) is 11.5 Å². The summed E-state index contributed by atoms with van der Waals surface area (Å²) in [4.78, 5) is 4.26. The summed E-state index contributed by atoms with van der Waals surface area (Å²) in [6.07, 6.45) is 2.70. The van der Waals surface area contributed by atoms with Crippen molar-refractivity contribution >= 4 is 11.5 Å². The number of pyridine rings is 1. The van der Waals surface area contributed by atoms with E-state index in [9.17, 15) is 0 Å². The van der Waals surface area contributed by atoms with E-state index < -0.39 is 0 Å². The van der Waals surface area contributed by atoms with Gasteiger partial charge in [0, 0.05) is 6.61 Å². The molecule has 3 N–H and O–H groups in total. The number of rotatable bonds is 2. The van der Waals surface area contributed by atoms with Crippen molar-refractivity contribution in [2.45, 2.75) is 25.8 Å². The van der Waals surface area contributed by atoms with Crippen LogP contribution in [-0.4, -0.2) is 23.7 Å². The maximum atomic E-state index is 5.71. The van der Waals surface area contributed by atoms with Gasteiger partial charge in [0.2, 0.25) is 0 Å². The zero-order valence-corrected chi connectivity index (χ0v) is 9.21. The minimum Gasteiger partial charge on any atom is -0.397 e. The summed E-state index contributed by atoms with van der Waals surface area (Å²) in [5.74, 6) is 0.870. The van der Waals surface area contributed by atoms with Gasteiger partial charge in [-0.1, -0.05) is 0 Å². The minimum absolute atomic E-state index is 0.00948. The third kappa shape index (κ3) is 2.21. The lowest BCUT2D eigenvalue weighted by Crippen LogP contribution is -2.35. The number of nitrogens with one attached hydrogen (secondary N) is 1. The normalized spacial score (nSPS) is 25.5. The molecule has 1 aliphatic heterocycles. The molecule has 2 rings (SSSR count). The first-order chi connectivity index (χ1) is 7.09. The Hall–Kier alpha value is -1.29. The molecule has 82 valence electrons. The topological polar surface area (TPSA) is 60.2 Å². The average molecular weight is 207 g/mol. The van der Waals surface area contributed by atoms with Crippen LogP contribution in [0.25, 0.3) is 0 Å². The number of nitrogens with two attached hydrogens (primary N) is 1. The van der Waals surface area contributed by atoms with Crippen molar-refractivity contribution in [3.63, 3.8) is 0 Å². The predicted octanol–water partition coefficient (Wildman–Crippen LogP) is 1.56. The van der Waals surface area contributed by atoms with Crippen molar-refractivity contribution in [1.29, 1.82) is 0 Å². The molecule has 1 unspecified atom stereocenters. The smallest absolute Gasteiger partial charge is 0.126 e. The van der Waals surface area contributed by atoms with Crippen LogP contribution in [0.5, 0.6) is 0 Å². The van der Waals surface area contributed by atoms with Gasteiger partial charge < -0.3 is 15.8 Å². The second-order valence-electron chi connectivity index (χ2n) is 4.41. The molecule has 1 aromatic heterocycles. The summed E-state index contributed by atoms with van der Waals surface area (Å²) >= 11 is 0. The molecule has 0 spiro atoms. The Bertz CT molecular complexity index is 359. The predicted molar refractivity (Wildman–Crippen MR) is 60.9 cm³/mol. The molecule has 1 fully saturated rings. The zero-order valence-electron chi connectivity index (χ0n) is 9.21. The summed E-state index contributed by atoms with van der Waals surface area (Å²) in [7, 11) is 0. The van der Waals surface area contributed by atoms with Crippen LogP contribution in [0.3, 0.4) is 0 Å². The molecule has 0 aliphatic carbocycles. The fourth-order valence-electron chi connectivity index (χ4n) is 1.71. The van der Waals surface area contributed by atoms with Gasteiger partial charge in [0.15, 0.2) is 0 Å². The van der Waals surface area contributed by atoms with E-state index in [0.29, 0.717) is 0 Å². The number of hydrogen-bond donors (Lipinski definition) is 2. The van der Waals surface area contributed by atoms with Crippen LogP contribution in [0.2, 0.25) is 0 Å². The molecule has 0 amide bonds. The van der Waals surface area contributed by atoms with Crippen molar-refractivity contribution in [3.05, 3.63) is 17.8 Å². The number of nitrogen functional groups attached to an aromatic ring is 1. The lowest BCUT2D eigenvalue weighted by molar-refractivity contribution is 0.185. The van der Waals surface area contributed by atoms with Gasteiger partial charge in [0.1, 0.15) is 5.82 Å². The van der Waals surface area contributed by atoms with E-state index in [4.69, 9.17) is 10.5 Å². The fourth-order valence-corrected chi connectivity index (χ4v) is 1.71. The van der Waals surface area contributed by atoms with E-state index in [1.54, 1.807) is 6.20 Å². The first-order valence-corrected chi connectivity index (χ1v) is 5.17. The van der Waals surface area contributed by atoms with Gasteiger partial charge in [-0.3, -0.25) is 0 Å². The summed E-state index contributed by atoms with van der Waals surface area (Å²) in [5.41, 5.74) is 7.51. The summed E-state index contributed by atoms with van der Waals surface area (Å²) in [5, 5.41) is 3.39. The molecule has 4 nitrogen and oxygen atoms in total. The van der Waals surface area contributed by atoms with E-state index >= 15 is 0 Å². The van der Waals surface area contributed by atoms with Crippen molar-refractivity contribution < 1.29 is 4.74 Å². The van der Waals surface area contributed by atoms with Crippen LogP contribution in [-0.2, 0) is 4.74 Å². The van der Waals surface area contributed by atoms with Gasteiger partial charge in [0.05, 0.1) is 24.0 Å². The quantitative estimate of drug-likeness (QED) is 0.772. The molecule has 2 heterocycles. The summed E-state index contributed by atoms with van der Waals surface area (Å²) in [6, 6.07) is 1.97. The lowest BCUT2D eigenvalue weighted by atomic mass is 10.0. The number of ether oxygens (including phenoxy) is 1. The van der Waals surface area contributed by atoms with Gasteiger partial charge in [-0.2, -0.15) is 0 Å². The standard InChI is InChI=1S/C11H17N3O/c1-8-5-10(13-6-9(8)12)14-11(2)3-4-15-7-11/h5-6H,3-4,7,12H2,1-2H3,(H,13,14). The van der Waals surface area contributed by atoms with Crippen LogP contribution < -0.4 is 11.1 Å². The molecule has 4 heteroatoms. The van der Waals surface area contributed by atoms with E-state index in [1.807, 2.05) is 13.0 Å². The van der Waals surface area contributed by atoms with Crippen molar-refractivity contribution in [3.8, 4) is 0 Å². The molecular formula is C11H17N3O. The number of hydrogen-bond acceptors (Lipinski definition) is 4. The van der Waals surface area contributed by atoms with Gasteiger partial charge >= 0.3 is 0 Å². The second kappa shape index (κ2) is 3.70. The molecule has 15 heavy (non-hydrogen) atoms. The highest BCUT2D eigenvalue weighted by Gasteiger charge is 2.29. The maximum Gasteiger partial charge on any atom is 0.126 e. The molecule has 0 aromatic carbocycles. The van der Waals surface area contributed by atoms with Gasteiger partial charge in [-0.25, -0.2) is 4.98 Å². The first-order valence-electron chi connectivity index (χ1n) is 5.17. The first kappa shape index (κ1) is 10.2. The van der Waals surface area contributed by atoms with Gasteiger partial charge in [-0.05, 0) is 31.9 Å². The van der Waals surface area contributed by atoms with Crippen molar-refractivity contribution in [2.24, 2.45) is 0 Å². The monoisotopic (exact) mass is 207 g/mol. The Morgan fingerprint density at radius 3 is 3.00 bits per heavy atom. The highest BCUT2D eigenvalue weighted by molar-refractivity contribution is 5.51. The summed E-state index contributed by atoms with van der Waals surface area (Å²) in [6.45, 7) is 5.68. The number of aryl methyl sites for hydroxylation is 1. The average Bonchev–Trinajstić information content (AvgIpc) is 2.59. The van der Waals surface area contributed by atoms with E-state index in [0.717, 1.165) is 36.7 Å². The molecule has 0 saturated carbocycles. The lowest BCUT2D eigenvalue weighted by Gasteiger charge is -2.24. The molecule has 0 radical (unpaired) electrons. The molecule has 1 aromatic rings. The Balaban J connectivity index is 2.13. The molecule has 1 aliphatic rings. The highest BCUT2D eigenvalue weighted by Crippen LogP contribution is 2.23. The molecule has 1 saturated heterocycles. The Kier molecular flexibility index (Phi) is 2.52. The van der Waals surface area contributed by atoms with Crippen LogP contribution in [0, 0.1) is 6.92 Å². The third-order valence-electron chi connectivity index (χ3n) is 2.80. The largest absolute Gasteiger partial charge is 0.397 e.